The summed E-state index contributed by atoms with van der Waals surface area (Å²) in [6.07, 6.45) is 2.97. The number of benzene rings is 1. The maximum atomic E-state index is 12.1. The van der Waals surface area contributed by atoms with Gasteiger partial charge in [-0.1, -0.05) is 15.9 Å². The van der Waals surface area contributed by atoms with Crippen molar-refractivity contribution in [1.29, 1.82) is 0 Å². The summed E-state index contributed by atoms with van der Waals surface area (Å²) in [5, 5.41) is 2.80. The molecule has 24 heavy (non-hydrogen) atoms. The van der Waals surface area contributed by atoms with Gasteiger partial charge in [0.15, 0.2) is 0 Å². The Balaban J connectivity index is 1.90. The highest BCUT2D eigenvalue weighted by Gasteiger charge is 2.12. The van der Waals surface area contributed by atoms with Gasteiger partial charge < -0.3 is 14.6 Å². The molecule has 0 bridgehead atoms. The highest BCUT2D eigenvalue weighted by molar-refractivity contribution is 9.10. The van der Waals surface area contributed by atoms with Gasteiger partial charge in [0, 0.05) is 23.3 Å². The first-order chi connectivity index (χ1) is 11.3. The first-order valence-electron chi connectivity index (χ1n) is 7.41. The number of anilines is 1. The van der Waals surface area contributed by atoms with E-state index in [9.17, 15) is 9.59 Å². The minimum atomic E-state index is -0.272. The molecule has 2 amide bonds. The van der Waals surface area contributed by atoms with Gasteiger partial charge in [-0.3, -0.25) is 9.59 Å². The highest BCUT2D eigenvalue weighted by Crippen LogP contribution is 2.19. The van der Waals surface area contributed by atoms with Gasteiger partial charge in [-0.15, -0.1) is 0 Å². The zero-order valence-electron chi connectivity index (χ0n) is 13.8. The number of hydrogen-bond donors (Lipinski definition) is 1. The molecule has 0 atom stereocenters. The quantitative estimate of drug-likeness (QED) is 0.790. The number of furan rings is 1. The Kier molecular flexibility index (Phi) is 5.98. The Morgan fingerprint density at radius 2 is 2.00 bits per heavy atom. The van der Waals surface area contributed by atoms with Crippen LogP contribution in [0.5, 0.6) is 0 Å². The Morgan fingerprint density at radius 3 is 2.62 bits per heavy atom. The van der Waals surface area contributed by atoms with Gasteiger partial charge in [-0.25, -0.2) is 0 Å². The van der Waals surface area contributed by atoms with E-state index in [4.69, 9.17) is 4.42 Å². The van der Waals surface area contributed by atoms with Crippen LogP contribution in [-0.2, 0) is 9.59 Å². The van der Waals surface area contributed by atoms with Crippen LogP contribution in [0.2, 0.25) is 0 Å². The number of rotatable bonds is 5. The van der Waals surface area contributed by atoms with Gasteiger partial charge in [-0.2, -0.15) is 0 Å². The van der Waals surface area contributed by atoms with Crippen molar-refractivity contribution in [3.63, 3.8) is 0 Å². The number of carbonyl (C=O) groups is 2. The maximum absolute atomic E-state index is 12.1. The molecule has 1 heterocycles. The van der Waals surface area contributed by atoms with E-state index < -0.39 is 0 Å². The van der Waals surface area contributed by atoms with E-state index in [2.05, 4.69) is 21.2 Å². The van der Waals surface area contributed by atoms with Crippen molar-refractivity contribution >= 4 is 39.5 Å². The molecular formula is C18H19BrN2O3. The molecule has 0 saturated heterocycles. The molecule has 1 aromatic carbocycles. The summed E-state index contributed by atoms with van der Waals surface area (Å²) in [5.74, 6) is 0.856. The van der Waals surface area contributed by atoms with Gasteiger partial charge in [-0.05, 0) is 55.8 Å². The fraction of sp³-hybridized carbons (Fsp3) is 0.222. The van der Waals surface area contributed by atoms with Crippen LogP contribution in [0, 0.1) is 13.8 Å². The molecular weight excluding hydrogens is 372 g/mol. The van der Waals surface area contributed by atoms with Crippen LogP contribution in [0.4, 0.5) is 5.69 Å². The fourth-order valence-electron chi connectivity index (χ4n) is 2.07. The van der Waals surface area contributed by atoms with Gasteiger partial charge in [0.25, 0.3) is 0 Å². The molecule has 126 valence electrons. The van der Waals surface area contributed by atoms with Crippen LogP contribution in [0.3, 0.4) is 0 Å². The summed E-state index contributed by atoms with van der Waals surface area (Å²) in [7, 11) is 1.58. The lowest BCUT2D eigenvalue weighted by Crippen LogP contribution is -2.34. The zero-order valence-corrected chi connectivity index (χ0v) is 15.4. The molecule has 0 spiro atoms. The highest BCUT2D eigenvalue weighted by atomic mass is 79.9. The van der Waals surface area contributed by atoms with E-state index >= 15 is 0 Å². The minimum absolute atomic E-state index is 0.0319. The molecule has 0 fully saturated rings. The second-order valence-electron chi connectivity index (χ2n) is 5.48. The first-order valence-corrected chi connectivity index (χ1v) is 8.20. The summed E-state index contributed by atoms with van der Waals surface area (Å²) < 4.78 is 6.30. The summed E-state index contributed by atoms with van der Waals surface area (Å²) in [6, 6.07) is 9.19. The predicted octanol–water partition coefficient (Wildman–Crippen LogP) is 3.77. The lowest BCUT2D eigenvalue weighted by Gasteiger charge is -2.15. The van der Waals surface area contributed by atoms with Crippen molar-refractivity contribution in [2.45, 2.75) is 13.8 Å². The van der Waals surface area contributed by atoms with E-state index in [-0.39, 0.29) is 18.4 Å². The Morgan fingerprint density at radius 1 is 1.25 bits per heavy atom. The van der Waals surface area contributed by atoms with Crippen LogP contribution in [0.25, 0.3) is 6.08 Å². The van der Waals surface area contributed by atoms with E-state index in [1.54, 1.807) is 19.2 Å². The Bertz CT molecular complexity index is 780. The van der Waals surface area contributed by atoms with Crippen LogP contribution in [0.1, 0.15) is 17.1 Å². The summed E-state index contributed by atoms with van der Waals surface area (Å²) >= 11 is 3.38. The zero-order chi connectivity index (χ0) is 17.7. The monoisotopic (exact) mass is 390 g/mol. The third-order valence-electron chi connectivity index (χ3n) is 3.37. The number of aryl methyl sites for hydroxylation is 2. The van der Waals surface area contributed by atoms with Crippen LogP contribution in [-0.4, -0.2) is 30.3 Å². The third kappa shape index (κ3) is 5.09. The molecule has 0 aliphatic rings. The maximum Gasteiger partial charge on any atom is 0.246 e. The van der Waals surface area contributed by atoms with E-state index in [0.29, 0.717) is 5.76 Å². The van der Waals surface area contributed by atoms with Gasteiger partial charge in [0.1, 0.15) is 11.5 Å². The van der Waals surface area contributed by atoms with Crippen molar-refractivity contribution < 1.29 is 14.0 Å². The SMILES string of the molecule is Cc1ccc(C=CC(=O)N(C)CC(=O)Nc2ccc(Br)cc2C)o1. The van der Waals surface area contributed by atoms with E-state index in [0.717, 1.165) is 21.5 Å². The lowest BCUT2D eigenvalue weighted by atomic mass is 10.2. The average Bonchev–Trinajstić information content (AvgIpc) is 2.93. The summed E-state index contributed by atoms with van der Waals surface area (Å²) in [6.45, 7) is 3.71. The molecule has 5 nitrogen and oxygen atoms in total. The molecule has 2 rings (SSSR count). The van der Waals surface area contributed by atoms with Crippen molar-refractivity contribution in [3.05, 3.63) is 58.0 Å². The van der Waals surface area contributed by atoms with Crippen molar-refractivity contribution in [2.24, 2.45) is 0 Å². The molecule has 0 unspecified atom stereocenters. The third-order valence-corrected chi connectivity index (χ3v) is 3.86. The summed E-state index contributed by atoms with van der Waals surface area (Å²) in [4.78, 5) is 25.5. The lowest BCUT2D eigenvalue weighted by molar-refractivity contribution is -0.129. The fourth-order valence-corrected chi connectivity index (χ4v) is 2.55. The minimum Gasteiger partial charge on any atom is -0.462 e. The molecule has 0 saturated carbocycles. The smallest absolute Gasteiger partial charge is 0.246 e. The van der Waals surface area contributed by atoms with Gasteiger partial charge >= 0.3 is 0 Å². The van der Waals surface area contributed by atoms with Crippen LogP contribution < -0.4 is 5.32 Å². The predicted molar refractivity (Wildman–Crippen MR) is 97.6 cm³/mol. The molecule has 0 aliphatic heterocycles. The number of hydrogen-bond acceptors (Lipinski definition) is 3. The second kappa shape index (κ2) is 7.97. The number of halogens is 1. The number of nitrogens with one attached hydrogen (secondary N) is 1. The molecule has 0 radical (unpaired) electrons. The molecule has 1 aromatic heterocycles. The largest absolute Gasteiger partial charge is 0.462 e. The summed E-state index contributed by atoms with van der Waals surface area (Å²) in [5.41, 5.74) is 1.67. The van der Waals surface area contributed by atoms with Crippen LogP contribution in [0.15, 0.2) is 45.3 Å². The van der Waals surface area contributed by atoms with Gasteiger partial charge in [0.2, 0.25) is 11.8 Å². The number of amides is 2. The normalized spacial score (nSPS) is 10.8. The van der Waals surface area contributed by atoms with E-state index in [1.165, 1.54) is 11.0 Å². The molecule has 0 aliphatic carbocycles. The van der Waals surface area contributed by atoms with Crippen molar-refractivity contribution in [2.75, 3.05) is 18.9 Å². The molecule has 1 N–H and O–H groups in total. The topological polar surface area (TPSA) is 62.6 Å². The van der Waals surface area contributed by atoms with E-state index in [1.807, 2.05) is 38.1 Å². The average molecular weight is 391 g/mol. The van der Waals surface area contributed by atoms with Crippen molar-refractivity contribution in [1.82, 2.24) is 4.90 Å². The number of carbonyl (C=O) groups excluding carboxylic acids is 2. The van der Waals surface area contributed by atoms with Crippen molar-refractivity contribution in [3.8, 4) is 0 Å². The molecule has 2 aromatic rings. The van der Waals surface area contributed by atoms with Crippen LogP contribution >= 0.6 is 15.9 Å². The Labute approximate surface area is 149 Å². The number of likely N-dealkylation sites (N-methyl/N-ethyl adjacent to an activating group) is 1. The van der Waals surface area contributed by atoms with Gasteiger partial charge in [0.05, 0.1) is 6.54 Å². The first kappa shape index (κ1) is 18.0. The molecule has 6 heteroatoms. The standard InChI is InChI=1S/C18H19BrN2O3/c1-12-10-14(19)5-8-16(12)20-17(22)11-21(3)18(23)9-7-15-6-4-13(2)24-15/h4-10H,11H2,1-3H3,(H,20,22). The number of nitrogens with zero attached hydrogens (tertiary/aromatic N) is 1. The Hall–Kier alpha value is -2.34. The second-order valence-corrected chi connectivity index (χ2v) is 6.40.